The van der Waals surface area contributed by atoms with Crippen LogP contribution in [0.25, 0.3) is 0 Å². The fourth-order valence-corrected chi connectivity index (χ4v) is 2.61. The van der Waals surface area contributed by atoms with E-state index >= 15 is 0 Å². The van der Waals surface area contributed by atoms with Crippen molar-refractivity contribution in [2.45, 2.75) is 6.54 Å². The van der Waals surface area contributed by atoms with Gasteiger partial charge < -0.3 is 25.3 Å². The lowest BCUT2D eigenvalue weighted by Gasteiger charge is -2.11. The number of para-hydroxylation sites is 1. The van der Waals surface area contributed by atoms with Gasteiger partial charge in [0.2, 0.25) is 0 Å². The Morgan fingerprint density at radius 1 is 0.862 bits per heavy atom. The van der Waals surface area contributed by atoms with Crippen LogP contribution >= 0.6 is 24.0 Å². The van der Waals surface area contributed by atoms with Gasteiger partial charge in [-0.05, 0) is 42.0 Å². The fraction of sp³-hybridized carbons (Fsp3) is 0.136. The molecule has 0 aliphatic rings. The summed E-state index contributed by atoms with van der Waals surface area (Å²) in [6.45, 7) is 0.429. The summed E-state index contributed by atoms with van der Waals surface area (Å²) in [4.78, 5) is 4.39. The van der Waals surface area contributed by atoms with Crippen LogP contribution in [-0.2, 0) is 6.54 Å². The molecule has 0 radical (unpaired) electrons. The summed E-state index contributed by atoms with van der Waals surface area (Å²) in [5.74, 6) is 3.12. The molecule has 3 N–H and O–H groups in total. The van der Waals surface area contributed by atoms with Gasteiger partial charge in [0, 0.05) is 11.8 Å². The quantitative estimate of drug-likeness (QED) is 0.267. The lowest BCUT2D eigenvalue weighted by atomic mass is 10.2. The van der Waals surface area contributed by atoms with Crippen molar-refractivity contribution in [2.75, 3.05) is 19.5 Å². The van der Waals surface area contributed by atoms with Crippen LogP contribution in [-0.4, -0.2) is 20.2 Å². The Kier molecular flexibility index (Phi) is 8.60. The average molecular weight is 505 g/mol. The Morgan fingerprint density at radius 3 is 2.31 bits per heavy atom. The molecule has 152 valence electrons. The van der Waals surface area contributed by atoms with Gasteiger partial charge in [0.05, 0.1) is 20.8 Å². The molecule has 0 saturated heterocycles. The number of rotatable bonds is 7. The van der Waals surface area contributed by atoms with Crippen LogP contribution in [0.2, 0.25) is 0 Å². The fourth-order valence-electron chi connectivity index (χ4n) is 2.61. The first-order valence-corrected chi connectivity index (χ1v) is 8.79. The maximum Gasteiger partial charge on any atom is 0.193 e. The normalized spacial score (nSPS) is 10.6. The highest BCUT2D eigenvalue weighted by Gasteiger charge is 2.05. The average Bonchev–Trinajstić information content (AvgIpc) is 2.73. The predicted octanol–water partition coefficient (Wildman–Crippen LogP) is 5.04. The molecule has 0 aromatic heterocycles. The van der Waals surface area contributed by atoms with Gasteiger partial charge in [-0.1, -0.05) is 30.3 Å². The van der Waals surface area contributed by atoms with E-state index in [0.717, 1.165) is 22.7 Å². The summed E-state index contributed by atoms with van der Waals surface area (Å²) >= 11 is 0. The van der Waals surface area contributed by atoms with E-state index in [-0.39, 0.29) is 24.0 Å². The van der Waals surface area contributed by atoms with Gasteiger partial charge in [0.1, 0.15) is 11.5 Å². The lowest BCUT2D eigenvalue weighted by molar-refractivity contribution is 0.355. The van der Waals surface area contributed by atoms with E-state index in [1.54, 1.807) is 26.4 Å². The molecule has 7 heteroatoms. The van der Waals surface area contributed by atoms with Crippen LogP contribution in [0.4, 0.5) is 5.69 Å². The van der Waals surface area contributed by atoms with Gasteiger partial charge in [-0.25, -0.2) is 4.99 Å². The lowest BCUT2D eigenvalue weighted by Crippen LogP contribution is -2.22. The van der Waals surface area contributed by atoms with Crippen molar-refractivity contribution in [1.82, 2.24) is 0 Å². The molecule has 0 amide bonds. The molecule has 29 heavy (non-hydrogen) atoms. The number of guanidine groups is 1. The zero-order valence-electron chi connectivity index (χ0n) is 16.3. The van der Waals surface area contributed by atoms with Crippen molar-refractivity contribution in [3.05, 3.63) is 78.4 Å². The van der Waals surface area contributed by atoms with Crippen molar-refractivity contribution >= 4 is 35.6 Å². The monoisotopic (exact) mass is 505 g/mol. The van der Waals surface area contributed by atoms with Gasteiger partial charge in [-0.15, -0.1) is 24.0 Å². The predicted molar refractivity (Wildman–Crippen MR) is 127 cm³/mol. The standard InChI is InChI=1S/C22H23N3O3.HI/c1-26-20-12-11-17(14-21(20)27-2)25-22(23)24-15-16-7-6-10-19(13-16)28-18-8-4-3-5-9-18;/h3-14H,15H2,1-2H3,(H3,23,24,25);1H. The smallest absolute Gasteiger partial charge is 0.193 e. The Bertz CT molecular complexity index is 949. The number of nitrogens with zero attached hydrogens (tertiary/aromatic N) is 1. The minimum Gasteiger partial charge on any atom is -0.493 e. The summed E-state index contributed by atoms with van der Waals surface area (Å²) < 4.78 is 16.4. The molecule has 0 aliphatic carbocycles. The maximum absolute atomic E-state index is 6.01. The second-order valence-corrected chi connectivity index (χ2v) is 5.96. The molecule has 0 bridgehead atoms. The van der Waals surface area contributed by atoms with Crippen molar-refractivity contribution in [1.29, 1.82) is 0 Å². The van der Waals surface area contributed by atoms with Crippen LogP contribution in [0.15, 0.2) is 77.8 Å². The second-order valence-electron chi connectivity index (χ2n) is 5.96. The summed E-state index contributed by atoms with van der Waals surface area (Å²) in [5, 5.41) is 3.05. The number of anilines is 1. The Hall–Kier alpha value is -2.94. The van der Waals surface area contributed by atoms with E-state index in [1.165, 1.54) is 0 Å². The third kappa shape index (κ3) is 6.56. The van der Waals surface area contributed by atoms with Gasteiger partial charge in [0.25, 0.3) is 0 Å². The summed E-state index contributed by atoms with van der Waals surface area (Å²) in [5.41, 5.74) is 7.77. The molecule has 0 fully saturated rings. The maximum atomic E-state index is 6.01. The zero-order valence-corrected chi connectivity index (χ0v) is 18.6. The zero-order chi connectivity index (χ0) is 19.8. The molecule has 0 aliphatic heterocycles. The Balaban J connectivity index is 0.00000300. The third-order valence-electron chi connectivity index (χ3n) is 3.97. The van der Waals surface area contributed by atoms with Crippen molar-refractivity contribution in [3.8, 4) is 23.0 Å². The van der Waals surface area contributed by atoms with Gasteiger partial charge in [-0.2, -0.15) is 0 Å². The van der Waals surface area contributed by atoms with Crippen molar-refractivity contribution in [3.63, 3.8) is 0 Å². The SMILES string of the molecule is COc1ccc(NC(N)=NCc2cccc(Oc3ccccc3)c2)cc1OC.I. The highest BCUT2D eigenvalue weighted by Crippen LogP contribution is 2.29. The molecular weight excluding hydrogens is 481 g/mol. The molecule has 3 aromatic rings. The minimum absolute atomic E-state index is 0. The van der Waals surface area contributed by atoms with E-state index in [0.29, 0.717) is 24.0 Å². The molecule has 6 nitrogen and oxygen atoms in total. The topological polar surface area (TPSA) is 78.1 Å². The number of nitrogens with two attached hydrogens (primary N) is 1. The van der Waals surface area contributed by atoms with E-state index in [1.807, 2.05) is 60.7 Å². The number of benzene rings is 3. The van der Waals surface area contributed by atoms with Crippen molar-refractivity contribution < 1.29 is 14.2 Å². The number of hydrogen-bond acceptors (Lipinski definition) is 4. The molecule has 0 spiro atoms. The highest BCUT2D eigenvalue weighted by molar-refractivity contribution is 14.0. The number of ether oxygens (including phenoxy) is 3. The first kappa shape index (κ1) is 22.4. The largest absolute Gasteiger partial charge is 0.493 e. The second kappa shape index (κ2) is 11.2. The Labute approximate surface area is 187 Å². The van der Waals surface area contributed by atoms with Crippen molar-refractivity contribution in [2.24, 2.45) is 10.7 Å². The molecule has 0 atom stereocenters. The minimum atomic E-state index is 0. The molecule has 3 rings (SSSR count). The first-order chi connectivity index (χ1) is 13.7. The molecule has 0 heterocycles. The summed E-state index contributed by atoms with van der Waals surface area (Å²) in [6.07, 6.45) is 0. The summed E-state index contributed by atoms with van der Waals surface area (Å²) in [7, 11) is 3.18. The number of halogens is 1. The number of aliphatic imine (C=N–C) groups is 1. The molecule has 0 unspecified atom stereocenters. The molecule has 0 saturated carbocycles. The number of hydrogen-bond donors (Lipinski definition) is 2. The summed E-state index contributed by atoms with van der Waals surface area (Å²) in [6, 6.07) is 22.9. The van der Waals surface area contributed by atoms with Crippen LogP contribution in [0.1, 0.15) is 5.56 Å². The van der Waals surface area contributed by atoms with Gasteiger partial charge in [0.15, 0.2) is 17.5 Å². The van der Waals surface area contributed by atoms with Gasteiger partial charge in [-0.3, -0.25) is 0 Å². The van der Waals surface area contributed by atoms with E-state index in [4.69, 9.17) is 19.9 Å². The molecule has 3 aromatic carbocycles. The highest BCUT2D eigenvalue weighted by atomic mass is 127. The number of nitrogens with one attached hydrogen (secondary N) is 1. The molecular formula is C22H24IN3O3. The number of methoxy groups -OCH3 is 2. The van der Waals surface area contributed by atoms with Crippen LogP contribution in [0, 0.1) is 0 Å². The van der Waals surface area contributed by atoms with E-state index in [2.05, 4.69) is 10.3 Å². The first-order valence-electron chi connectivity index (χ1n) is 8.79. The van der Waals surface area contributed by atoms with E-state index in [9.17, 15) is 0 Å². The Morgan fingerprint density at radius 2 is 1.59 bits per heavy atom. The van der Waals surface area contributed by atoms with Crippen LogP contribution < -0.4 is 25.3 Å². The van der Waals surface area contributed by atoms with Gasteiger partial charge >= 0.3 is 0 Å². The van der Waals surface area contributed by atoms with Crippen LogP contribution in [0.5, 0.6) is 23.0 Å². The van der Waals surface area contributed by atoms with E-state index < -0.39 is 0 Å². The third-order valence-corrected chi connectivity index (χ3v) is 3.97. The van der Waals surface area contributed by atoms with Crippen LogP contribution in [0.3, 0.4) is 0 Å².